The van der Waals surface area contributed by atoms with Crippen LogP contribution in [0.5, 0.6) is 0 Å². The second kappa shape index (κ2) is 10.1. The van der Waals surface area contributed by atoms with Gasteiger partial charge in [-0.2, -0.15) is 0 Å². The van der Waals surface area contributed by atoms with Gasteiger partial charge in [0.1, 0.15) is 0 Å². The summed E-state index contributed by atoms with van der Waals surface area (Å²) in [6.07, 6.45) is 6.06. The zero-order valence-corrected chi connectivity index (χ0v) is 20.4. The number of carbonyl (C=O) groups is 1. The molecule has 0 aliphatic heterocycles. The normalized spacial score (nSPS) is 14.7. The highest BCUT2D eigenvalue weighted by molar-refractivity contribution is 7.99. The summed E-state index contributed by atoms with van der Waals surface area (Å²) >= 11 is 9.17. The molecule has 32 heavy (non-hydrogen) atoms. The molecule has 1 heterocycles. The summed E-state index contributed by atoms with van der Waals surface area (Å²) < 4.78 is 2.68. The molecular formula is C25H25ClN2O2S2. The average Bonchev–Trinajstić information content (AvgIpc) is 3.09. The van der Waals surface area contributed by atoms with Crippen molar-refractivity contribution in [2.75, 3.05) is 11.1 Å². The Morgan fingerprint density at radius 1 is 1.25 bits per heavy atom. The van der Waals surface area contributed by atoms with Gasteiger partial charge in [-0.05, 0) is 73.1 Å². The molecule has 1 unspecified atom stereocenters. The topological polar surface area (TPSA) is 51.1 Å². The third-order valence-electron chi connectivity index (χ3n) is 5.52. The van der Waals surface area contributed by atoms with Crippen molar-refractivity contribution in [2.24, 2.45) is 0 Å². The summed E-state index contributed by atoms with van der Waals surface area (Å²) in [6.45, 7) is 4.16. The van der Waals surface area contributed by atoms with Crippen LogP contribution in [-0.4, -0.2) is 16.2 Å². The van der Waals surface area contributed by atoms with Gasteiger partial charge in [-0.1, -0.05) is 48.1 Å². The molecule has 0 saturated carbocycles. The van der Waals surface area contributed by atoms with Gasteiger partial charge in [0.25, 0.3) is 0 Å². The number of hydrogen-bond acceptors (Lipinski definition) is 4. The van der Waals surface area contributed by atoms with E-state index in [1.807, 2.05) is 54.0 Å². The summed E-state index contributed by atoms with van der Waals surface area (Å²) in [6, 6.07) is 13.7. The maximum atomic E-state index is 12.8. The first-order chi connectivity index (χ1) is 15.4. The molecule has 1 aliphatic rings. The van der Waals surface area contributed by atoms with Crippen molar-refractivity contribution in [2.45, 2.75) is 44.0 Å². The van der Waals surface area contributed by atoms with Crippen molar-refractivity contribution >= 4 is 56.5 Å². The molecule has 0 fully saturated rings. The van der Waals surface area contributed by atoms with Crippen LogP contribution in [0.2, 0.25) is 0 Å². The van der Waals surface area contributed by atoms with E-state index in [1.54, 1.807) is 11.8 Å². The Balaban J connectivity index is 1.50. The quantitative estimate of drug-likeness (QED) is 0.377. The molecule has 166 valence electrons. The van der Waals surface area contributed by atoms with E-state index in [0.717, 1.165) is 45.0 Å². The van der Waals surface area contributed by atoms with Crippen LogP contribution >= 0.6 is 34.7 Å². The maximum Gasteiger partial charge on any atom is 0.308 e. The SMILES string of the molecule is CCSc1ccc(CC(=O)Nc2ccc3c(c2)sc(=O)n3C(C)C2=CC(Cl)=CCC2)cc1. The van der Waals surface area contributed by atoms with Crippen molar-refractivity contribution in [1.29, 1.82) is 0 Å². The number of nitrogens with one attached hydrogen (secondary N) is 1. The molecule has 4 nitrogen and oxygen atoms in total. The summed E-state index contributed by atoms with van der Waals surface area (Å²) in [5.74, 6) is 0.950. The molecule has 1 aromatic heterocycles. The first-order valence-electron chi connectivity index (χ1n) is 10.7. The summed E-state index contributed by atoms with van der Waals surface area (Å²) in [4.78, 5) is 26.5. The van der Waals surface area contributed by atoms with Gasteiger partial charge in [-0.3, -0.25) is 14.2 Å². The number of aromatic nitrogens is 1. The predicted octanol–water partition coefficient (Wildman–Crippen LogP) is 6.76. The van der Waals surface area contributed by atoms with Crippen molar-refractivity contribution in [3.05, 3.63) is 80.5 Å². The van der Waals surface area contributed by atoms with E-state index in [4.69, 9.17) is 11.6 Å². The minimum absolute atomic E-state index is 0.00686. The zero-order valence-electron chi connectivity index (χ0n) is 18.1. The monoisotopic (exact) mass is 484 g/mol. The molecule has 0 radical (unpaired) electrons. The van der Waals surface area contributed by atoms with Crippen LogP contribution in [0.25, 0.3) is 10.2 Å². The molecule has 0 bridgehead atoms. The third-order valence-corrected chi connectivity index (χ3v) is 7.59. The molecule has 4 rings (SSSR count). The number of thioether (sulfide) groups is 1. The number of carbonyl (C=O) groups excluding carboxylic acids is 1. The highest BCUT2D eigenvalue weighted by Crippen LogP contribution is 2.32. The number of allylic oxidation sites excluding steroid dienone is 4. The first kappa shape index (κ1) is 22.9. The van der Waals surface area contributed by atoms with Crippen LogP contribution in [0.1, 0.15) is 38.3 Å². The van der Waals surface area contributed by atoms with Gasteiger partial charge >= 0.3 is 4.87 Å². The third kappa shape index (κ3) is 5.20. The Hall–Kier alpha value is -2.28. The van der Waals surface area contributed by atoms with Gasteiger partial charge in [0.15, 0.2) is 0 Å². The fraction of sp³-hybridized carbons (Fsp3) is 0.280. The zero-order chi connectivity index (χ0) is 22.7. The number of hydrogen-bond donors (Lipinski definition) is 1. The number of benzene rings is 2. The van der Waals surface area contributed by atoms with E-state index in [9.17, 15) is 9.59 Å². The molecule has 3 aromatic rings. The molecule has 1 N–H and O–H groups in total. The van der Waals surface area contributed by atoms with Crippen LogP contribution in [0.15, 0.2) is 74.9 Å². The van der Waals surface area contributed by atoms with Crippen molar-refractivity contribution in [3.63, 3.8) is 0 Å². The highest BCUT2D eigenvalue weighted by atomic mass is 35.5. The minimum Gasteiger partial charge on any atom is -0.326 e. The first-order valence-corrected chi connectivity index (χ1v) is 12.9. The standard InChI is InChI=1S/C25H25ClN2O2S2/c1-3-31-21-10-7-17(8-11-21)13-24(29)27-20-9-12-22-23(15-20)32-25(30)28(22)16(2)18-5-4-6-19(26)14-18/h6-12,14-16H,3-5,13H2,1-2H3,(H,27,29). The van der Waals surface area contributed by atoms with Gasteiger partial charge in [-0.15, -0.1) is 11.8 Å². The lowest BCUT2D eigenvalue weighted by Gasteiger charge is -2.20. The number of halogens is 1. The molecule has 1 aliphatic carbocycles. The molecule has 0 saturated heterocycles. The van der Waals surface area contributed by atoms with Crippen LogP contribution in [0, 0.1) is 0 Å². The Labute approximate surface area is 201 Å². The van der Waals surface area contributed by atoms with Gasteiger partial charge < -0.3 is 5.32 Å². The summed E-state index contributed by atoms with van der Waals surface area (Å²) in [7, 11) is 0. The fourth-order valence-electron chi connectivity index (χ4n) is 3.92. The molecule has 7 heteroatoms. The van der Waals surface area contributed by atoms with Crippen LogP contribution in [-0.2, 0) is 11.2 Å². The average molecular weight is 485 g/mol. The van der Waals surface area contributed by atoms with Crippen LogP contribution in [0.4, 0.5) is 5.69 Å². The van der Waals surface area contributed by atoms with Crippen LogP contribution < -0.4 is 10.2 Å². The lowest BCUT2D eigenvalue weighted by atomic mass is 9.98. The van der Waals surface area contributed by atoms with Gasteiger partial charge in [0, 0.05) is 15.6 Å². The van der Waals surface area contributed by atoms with Gasteiger partial charge in [0.2, 0.25) is 5.91 Å². The van der Waals surface area contributed by atoms with Crippen molar-refractivity contribution < 1.29 is 4.79 Å². The highest BCUT2D eigenvalue weighted by Gasteiger charge is 2.19. The largest absolute Gasteiger partial charge is 0.326 e. The van der Waals surface area contributed by atoms with E-state index in [2.05, 4.69) is 24.4 Å². The Kier molecular flexibility index (Phi) is 7.23. The van der Waals surface area contributed by atoms with Crippen molar-refractivity contribution in [1.82, 2.24) is 4.57 Å². The second-order valence-electron chi connectivity index (χ2n) is 7.75. The Bertz CT molecular complexity index is 1260. The molecule has 1 atom stereocenters. The van der Waals surface area contributed by atoms with E-state index in [1.165, 1.54) is 16.2 Å². The molecular weight excluding hydrogens is 460 g/mol. The second-order valence-corrected chi connectivity index (χ2v) is 10.5. The fourth-order valence-corrected chi connectivity index (χ4v) is 5.83. The smallest absolute Gasteiger partial charge is 0.308 e. The summed E-state index contributed by atoms with van der Waals surface area (Å²) in [5.41, 5.74) is 3.70. The van der Waals surface area contributed by atoms with Gasteiger partial charge in [-0.25, -0.2) is 0 Å². The molecule has 2 aromatic carbocycles. The van der Waals surface area contributed by atoms with E-state index >= 15 is 0 Å². The number of nitrogens with zero attached hydrogens (tertiary/aromatic N) is 1. The van der Waals surface area contributed by atoms with Crippen LogP contribution in [0.3, 0.4) is 0 Å². The molecule has 1 amide bonds. The summed E-state index contributed by atoms with van der Waals surface area (Å²) in [5, 5.41) is 3.70. The van der Waals surface area contributed by atoms with Crippen molar-refractivity contribution in [3.8, 4) is 0 Å². The predicted molar refractivity (Wildman–Crippen MR) is 137 cm³/mol. The maximum absolute atomic E-state index is 12.8. The molecule has 0 spiro atoms. The number of thiazole rings is 1. The Morgan fingerprint density at radius 2 is 2.03 bits per heavy atom. The lowest BCUT2D eigenvalue weighted by Crippen LogP contribution is -2.19. The van der Waals surface area contributed by atoms with E-state index < -0.39 is 0 Å². The number of rotatable bonds is 7. The van der Waals surface area contributed by atoms with Gasteiger partial charge in [0.05, 0.1) is 22.7 Å². The number of fused-ring (bicyclic) bond motifs is 1. The minimum atomic E-state index is -0.0748. The lowest BCUT2D eigenvalue weighted by molar-refractivity contribution is -0.115. The Morgan fingerprint density at radius 3 is 2.75 bits per heavy atom. The number of amides is 1. The number of anilines is 1. The van der Waals surface area contributed by atoms with E-state index in [-0.39, 0.29) is 16.8 Å². The van der Waals surface area contributed by atoms with E-state index in [0.29, 0.717) is 12.1 Å².